The van der Waals surface area contributed by atoms with E-state index in [2.05, 4.69) is 61.5 Å². The van der Waals surface area contributed by atoms with E-state index in [9.17, 15) is 0 Å². The number of hydrogen-bond donors (Lipinski definition) is 0. The maximum absolute atomic E-state index is 2.53. The van der Waals surface area contributed by atoms with Gasteiger partial charge in [-0.25, -0.2) is 0 Å². The summed E-state index contributed by atoms with van der Waals surface area (Å²) in [6.07, 6.45) is 12.2. The molecule has 0 saturated heterocycles. The van der Waals surface area contributed by atoms with Crippen LogP contribution in [-0.2, 0) is 29.7 Å². The maximum atomic E-state index is 2.53. The van der Waals surface area contributed by atoms with Crippen LogP contribution in [-0.4, -0.2) is 0 Å². The van der Waals surface area contributed by atoms with Gasteiger partial charge in [-0.2, -0.15) is 0 Å². The average molecular weight is 435 g/mol. The second-order valence-corrected chi connectivity index (χ2v) is 9.55. The van der Waals surface area contributed by atoms with E-state index < -0.39 is 23.2 Å². The molecule has 4 rings (SSSR count). The molecule has 0 spiro atoms. The Kier molecular flexibility index (Phi) is 7.11. The molecule has 0 heterocycles. The summed E-state index contributed by atoms with van der Waals surface area (Å²) in [7, 11) is 0. The third-order valence-electron chi connectivity index (χ3n) is 4.64. The van der Waals surface area contributed by atoms with Gasteiger partial charge in [-0.05, 0) is 0 Å². The molecule has 0 radical (unpaired) electrons. The number of fused-ring (bicyclic) bond motifs is 3. The molecule has 0 nitrogen and oxygen atoms in total. The standard InChI is InChI=1S/C13H9.C8H11.2ClH.Zr/c1-2-6-12-10(4-1)8-9-11-5-3-7-13(11)12;1-2-5-8-6-3-4-7-8;;;/h1-4,6,8-9H,5H2;3,6H,2,4-5H2,1H3;2*1H;/q;;;;+2/p-2. The van der Waals surface area contributed by atoms with Gasteiger partial charge in [-0.15, -0.1) is 0 Å². The van der Waals surface area contributed by atoms with Gasteiger partial charge in [0.1, 0.15) is 0 Å². The van der Waals surface area contributed by atoms with Gasteiger partial charge < -0.3 is 24.8 Å². The Hall–Kier alpha value is -0.617. The molecule has 2 aromatic carbocycles. The van der Waals surface area contributed by atoms with E-state index in [0.717, 1.165) is 6.42 Å². The Morgan fingerprint density at radius 1 is 1.00 bits per heavy atom. The van der Waals surface area contributed by atoms with Gasteiger partial charge in [0.15, 0.2) is 0 Å². The first-order valence-electron chi connectivity index (χ1n) is 8.23. The van der Waals surface area contributed by atoms with E-state index in [4.69, 9.17) is 0 Å². The topological polar surface area (TPSA) is 0 Å². The van der Waals surface area contributed by atoms with E-state index >= 15 is 0 Å². The summed E-state index contributed by atoms with van der Waals surface area (Å²) < 4.78 is 3.51. The van der Waals surface area contributed by atoms with E-state index in [0.29, 0.717) is 0 Å². The quantitative estimate of drug-likeness (QED) is 0.628. The smallest absolute Gasteiger partial charge is 1.00 e. The van der Waals surface area contributed by atoms with Gasteiger partial charge in [-0.1, -0.05) is 0 Å². The number of hydrogen-bond acceptors (Lipinski definition) is 0. The predicted octanol–water partition coefficient (Wildman–Crippen LogP) is -0.159. The summed E-state index contributed by atoms with van der Waals surface area (Å²) >= 11 is -0.647. The zero-order valence-corrected chi connectivity index (χ0v) is 17.8. The van der Waals surface area contributed by atoms with Crippen LogP contribution in [0.25, 0.3) is 14.1 Å². The van der Waals surface area contributed by atoms with Gasteiger partial charge in [0.2, 0.25) is 0 Å². The molecule has 24 heavy (non-hydrogen) atoms. The molecule has 2 aromatic rings. The van der Waals surface area contributed by atoms with Crippen LogP contribution in [0.15, 0.2) is 63.5 Å². The molecule has 0 fully saturated rings. The maximum Gasteiger partial charge on any atom is -1.00 e. The summed E-state index contributed by atoms with van der Waals surface area (Å²) in [6.45, 7) is 2.29. The normalized spacial score (nSPS) is 14.8. The molecular formula is C21H20Cl2Zr. The second-order valence-electron chi connectivity index (χ2n) is 6.13. The molecule has 3 heteroatoms. The van der Waals surface area contributed by atoms with Crippen LogP contribution in [0.5, 0.6) is 0 Å². The van der Waals surface area contributed by atoms with Crippen LogP contribution in [0.4, 0.5) is 0 Å². The number of halogens is 2. The van der Waals surface area contributed by atoms with Gasteiger partial charge in [-0.3, -0.25) is 0 Å². The van der Waals surface area contributed by atoms with Gasteiger partial charge in [0.25, 0.3) is 0 Å². The predicted molar refractivity (Wildman–Crippen MR) is 91.3 cm³/mol. The molecule has 0 atom stereocenters. The fourth-order valence-electron chi connectivity index (χ4n) is 3.58. The monoisotopic (exact) mass is 432 g/mol. The minimum atomic E-state index is -0.647. The van der Waals surface area contributed by atoms with E-state index in [1.807, 2.05) is 0 Å². The number of rotatable bonds is 4. The van der Waals surface area contributed by atoms with Crippen molar-refractivity contribution in [1.29, 1.82) is 0 Å². The molecule has 0 N–H and O–H groups in total. The van der Waals surface area contributed by atoms with Crippen LogP contribution in [0, 0.1) is 0 Å². The molecule has 122 valence electrons. The van der Waals surface area contributed by atoms with Crippen LogP contribution in [0.2, 0.25) is 0 Å². The first-order chi connectivity index (χ1) is 10.9. The molecular weight excluding hydrogens is 414 g/mol. The first kappa shape index (κ1) is 19.7. The zero-order chi connectivity index (χ0) is 14.9. The van der Waals surface area contributed by atoms with Crippen LogP contribution >= 0.6 is 0 Å². The van der Waals surface area contributed by atoms with Crippen molar-refractivity contribution in [2.45, 2.75) is 32.6 Å². The molecule has 0 unspecified atom stereocenters. The third-order valence-corrected chi connectivity index (χ3v) is 8.46. The van der Waals surface area contributed by atoms with E-state index in [-0.39, 0.29) is 24.8 Å². The van der Waals surface area contributed by atoms with E-state index in [1.54, 1.807) is 17.7 Å². The molecule has 2 aliphatic rings. The largest absolute Gasteiger partial charge is 1.00 e. The van der Waals surface area contributed by atoms with Crippen molar-refractivity contribution < 1.29 is 48.0 Å². The summed E-state index contributed by atoms with van der Waals surface area (Å²) in [5.74, 6) is 0. The van der Waals surface area contributed by atoms with E-state index in [1.165, 1.54) is 35.6 Å². The van der Waals surface area contributed by atoms with Crippen molar-refractivity contribution in [2.24, 2.45) is 0 Å². The van der Waals surface area contributed by atoms with Crippen molar-refractivity contribution in [3.05, 3.63) is 74.6 Å². The van der Waals surface area contributed by atoms with Crippen LogP contribution in [0.3, 0.4) is 0 Å². The second kappa shape index (κ2) is 8.66. The molecule has 0 aliphatic heterocycles. The van der Waals surface area contributed by atoms with Crippen molar-refractivity contribution >= 4 is 14.1 Å². The first-order valence-corrected chi connectivity index (χ1v) is 10.7. The number of allylic oxidation sites excluding steroid dienone is 5. The Balaban J connectivity index is 0.00000104. The molecule has 0 saturated carbocycles. The Morgan fingerprint density at radius 3 is 2.67 bits per heavy atom. The molecule has 0 amide bonds. The SMILES string of the molecule is CCCC1=[C]([Zr+2][C]2=CCc3ccc4ccccc4c32)CC=C1.[Cl-].[Cl-]. The fraction of sp³-hybridized carbons (Fsp3) is 0.238. The minimum absolute atomic E-state index is 0. The van der Waals surface area contributed by atoms with Crippen molar-refractivity contribution in [3.63, 3.8) is 0 Å². The average Bonchev–Trinajstić information content (AvgIpc) is 3.16. The summed E-state index contributed by atoms with van der Waals surface area (Å²) in [5.41, 5.74) is 4.78. The molecule has 0 bridgehead atoms. The number of benzene rings is 2. The van der Waals surface area contributed by atoms with Crippen molar-refractivity contribution in [3.8, 4) is 0 Å². The third kappa shape index (κ3) is 3.64. The van der Waals surface area contributed by atoms with Crippen molar-refractivity contribution in [2.75, 3.05) is 0 Å². The summed E-state index contributed by atoms with van der Waals surface area (Å²) in [6, 6.07) is 13.5. The van der Waals surface area contributed by atoms with Gasteiger partial charge >= 0.3 is 145 Å². The Bertz CT molecular complexity index is 831. The minimum Gasteiger partial charge on any atom is -1.00 e. The fourth-order valence-corrected chi connectivity index (χ4v) is 7.36. The molecule has 2 aliphatic carbocycles. The summed E-state index contributed by atoms with van der Waals surface area (Å²) in [5, 5.41) is 2.86. The van der Waals surface area contributed by atoms with Crippen LogP contribution in [0.1, 0.15) is 37.3 Å². The van der Waals surface area contributed by atoms with Gasteiger partial charge in [0.05, 0.1) is 0 Å². The Labute approximate surface area is 168 Å². The summed E-state index contributed by atoms with van der Waals surface area (Å²) in [4.78, 5) is 0. The van der Waals surface area contributed by atoms with Gasteiger partial charge in [0, 0.05) is 0 Å². The van der Waals surface area contributed by atoms with Crippen LogP contribution < -0.4 is 24.8 Å². The van der Waals surface area contributed by atoms with Crippen molar-refractivity contribution in [1.82, 2.24) is 0 Å². The zero-order valence-electron chi connectivity index (χ0n) is 13.8. The molecule has 0 aromatic heterocycles. The Morgan fingerprint density at radius 2 is 1.83 bits per heavy atom.